The van der Waals surface area contributed by atoms with E-state index in [0.29, 0.717) is 0 Å². The quantitative estimate of drug-likeness (QED) is 0.857. The summed E-state index contributed by atoms with van der Waals surface area (Å²) in [4.78, 5) is 14.1. The Bertz CT molecular complexity index is 399. The first-order valence-electron chi connectivity index (χ1n) is 6.38. The van der Waals surface area contributed by atoms with Crippen molar-refractivity contribution in [2.45, 2.75) is 32.3 Å². The molecule has 1 aliphatic heterocycles. The highest BCUT2D eigenvalue weighted by Gasteiger charge is 2.23. The molecule has 0 saturated carbocycles. The molecule has 0 N–H and O–H groups in total. The molecule has 1 aromatic carbocycles. The Morgan fingerprint density at radius 3 is 2.44 bits per heavy atom. The number of hydrogen-bond acceptors (Lipinski definition) is 2. The lowest BCUT2D eigenvalue weighted by molar-refractivity contribution is -0.138. The molecule has 18 heavy (non-hydrogen) atoms. The van der Waals surface area contributed by atoms with E-state index in [9.17, 15) is 4.79 Å². The second kappa shape index (κ2) is 6.23. The minimum atomic E-state index is -0.413. The average molecular weight is 312 g/mol. The number of piperidine rings is 1. The number of hydrogen-bond donors (Lipinski definition) is 0. The van der Waals surface area contributed by atoms with E-state index in [0.717, 1.165) is 36.2 Å². The first-order valence-corrected chi connectivity index (χ1v) is 7.17. The average Bonchev–Trinajstić information content (AvgIpc) is 2.41. The monoisotopic (exact) mass is 311 g/mol. The molecule has 0 aromatic heterocycles. The highest BCUT2D eigenvalue weighted by Crippen LogP contribution is 2.18. The molecule has 0 radical (unpaired) electrons. The lowest BCUT2D eigenvalue weighted by Gasteiger charge is -2.29. The maximum Gasteiger partial charge on any atom is 0.263 e. The molecule has 1 heterocycles. The van der Waals surface area contributed by atoms with Crippen molar-refractivity contribution in [3.63, 3.8) is 0 Å². The van der Waals surface area contributed by atoms with Gasteiger partial charge in [0.15, 0.2) is 6.10 Å². The van der Waals surface area contributed by atoms with Crippen LogP contribution in [0, 0.1) is 0 Å². The van der Waals surface area contributed by atoms with Crippen LogP contribution in [0.4, 0.5) is 0 Å². The fourth-order valence-electron chi connectivity index (χ4n) is 2.14. The number of nitrogens with zero attached hydrogens (tertiary/aromatic N) is 1. The summed E-state index contributed by atoms with van der Waals surface area (Å²) in [7, 11) is 0. The Hall–Kier alpha value is -1.03. The molecule has 1 unspecified atom stereocenters. The molecule has 1 amide bonds. The standard InChI is InChI=1S/C14H18BrNO2/c1-11(14(17)16-9-3-2-4-10-16)18-13-7-5-12(15)6-8-13/h5-8,11H,2-4,9-10H2,1H3. The number of benzene rings is 1. The van der Waals surface area contributed by atoms with Crippen molar-refractivity contribution in [3.8, 4) is 5.75 Å². The summed E-state index contributed by atoms with van der Waals surface area (Å²) in [5, 5.41) is 0. The van der Waals surface area contributed by atoms with Gasteiger partial charge >= 0.3 is 0 Å². The predicted octanol–water partition coefficient (Wildman–Crippen LogP) is 3.23. The van der Waals surface area contributed by atoms with Crippen LogP contribution in [-0.4, -0.2) is 30.0 Å². The maximum absolute atomic E-state index is 12.2. The number of carbonyl (C=O) groups is 1. The van der Waals surface area contributed by atoms with Crippen molar-refractivity contribution >= 4 is 21.8 Å². The number of amides is 1. The second-order valence-electron chi connectivity index (χ2n) is 4.60. The summed E-state index contributed by atoms with van der Waals surface area (Å²) < 4.78 is 6.68. The first-order chi connectivity index (χ1) is 8.66. The van der Waals surface area contributed by atoms with Crippen molar-refractivity contribution in [1.82, 2.24) is 4.90 Å². The Balaban J connectivity index is 1.92. The smallest absolute Gasteiger partial charge is 0.263 e. The molecule has 98 valence electrons. The predicted molar refractivity (Wildman–Crippen MR) is 74.7 cm³/mol. The van der Waals surface area contributed by atoms with Gasteiger partial charge in [-0.1, -0.05) is 15.9 Å². The van der Waals surface area contributed by atoms with Gasteiger partial charge in [0, 0.05) is 17.6 Å². The lowest BCUT2D eigenvalue weighted by Crippen LogP contribution is -2.43. The number of halogens is 1. The van der Waals surface area contributed by atoms with Crippen LogP contribution in [-0.2, 0) is 4.79 Å². The Morgan fingerprint density at radius 2 is 1.83 bits per heavy atom. The van der Waals surface area contributed by atoms with Crippen LogP contribution in [0.3, 0.4) is 0 Å². The van der Waals surface area contributed by atoms with E-state index in [1.807, 2.05) is 36.1 Å². The van der Waals surface area contributed by atoms with Crippen molar-refractivity contribution in [1.29, 1.82) is 0 Å². The van der Waals surface area contributed by atoms with Gasteiger partial charge in [0.2, 0.25) is 0 Å². The molecule has 1 saturated heterocycles. The normalized spacial score (nSPS) is 17.3. The minimum absolute atomic E-state index is 0.0950. The minimum Gasteiger partial charge on any atom is -0.481 e. The molecule has 3 nitrogen and oxygen atoms in total. The highest BCUT2D eigenvalue weighted by atomic mass is 79.9. The summed E-state index contributed by atoms with van der Waals surface area (Å²) in [6.07, 6.45) is 3.03. The van der Waals surface area contributed by atoms with Gasteiger partial charge < -0.3 is 9.64 Å². The zero-order valence-corrected chi connectivity index (χ0v) is 12.1. The number of ether oxygens (including phenoxy) is 1. The molecule has 4 heteroatoms. The van der Waals surface area contributed by atoms with E-state index < -0.39 is 6.10 Å². The Morgan fingerprint density at radius 1 is 1.22 bits per heavy atom. The molecule has 1 fully saturated rings. The molecule has 2 rings (SSSR count). The van der Waals surface area contributed by atoms with E-state index in [1.165, 1.54) is 6.42 Å². The molecular weight excluding hydrogens is 294 g/mol. The van der Waals surface area contributed by atoms with Crippen molar-refractivity contribution < 1.29 is 9.53 Å². The molecule has 0 bridgehead atoms. The summed E-state index contributed by atoms with van der Waals surface area (Å²) in [5.41, 5.74) is 0. The third-order valence-electron chi connectivity index (χ3n) is 3.14. The Kier molecular flexibility index (Phi) is 4.64. The molecule has 1 aromatic rings. The van der Waals surface area contributed by atoms with E-state index in [4.69, 9.17) is 4.74 Å². The van der Waals surface area contributed by atoms with Gasteiger partial charge in [0.1, 0.15) is 5.75 Å². The summed E-state index contributed by atoms with van der Waals surface area (Å²) >= 11 is 3.37. The van der Waals surface area contributed by atoms with E-state index >= 15 is 0 Å². The van der Waals surface area contributed by atoms with Crippen LogP contribution in [0.5, 0.6) is 5.75 Å². The van der Waals surface area contributed by atoms with E-state index in [-0.39, 0.29) is 5.91 Å². The molecule has 0 spiro atoms. The Labute approximate surface area is 116 Å². The van der Waals surface area contributed by atoms with Gasteiger partial charge in [0.05, 0.1) is 0 Å². The molecule has 1 aliphatic rings. The molecular formula is C14H18BrNO2. The maximum atomic E-state index is 12.2. The third-order valence-corrected chi connectivity index (χ3v) is 3.67. The van der Waals surface area contributed by atoms with Crippen LogP contribution < -0.4 is 4.74 Å². The van der Waals surface area contributed by atoms with Gasteiger partial charge in [0.25, 0.3) is 5.91 Å². The van der Waals surface area contributed by atoms with Crippen LogP contribution in [0.25, 0.3) is 0 Å². The summed E-state index contributed by atoms with van der Waals surface area (Å²) in [5.74, 6) is 0.827. The summed E-state index contributed by atoms with van der Waals surface area (Å²) in [6.45, 7) is 3.55. The third kappa shape index (κ3) is 3.48. The van der Waals surface area contributed by atoms with Crippen LogP contribution in [0.1, 0.15) is 26.2 Å². The van der Waals surface area contributed by atoms with Crippen LogP contribution in [0.15, 0.2) is 28.7 Å². The van der Waals surface area contributed by atoms with E-state index in [2.05, 4.69) is 15.9 Å². The van der Waals surface area contributed by atoms with Crippen molar-refractivity contribution in [3.05, 3.63) is 28.7 Å². The fourth-order valence-corrected chi connectivity index (χ4v) is 2.40. The SMILES string of the molecule is CC(Oc1ccc(Br)cc1)C(=O)N1CCCCC1. The van der Waals surface area contributed by atoms with Gasteiger partial charge in [-0.05, 0) is 50.5 Å². The van der Waals surface area contributed by atoms with Crippen LogP contribution >= 0.6 is 15.9 Å². The topological polar surface area (TPSA) is 29.5 Å². The van der Waals surface area contributed by atoms with E-state index in [1.54, 1.807) is 0 Å². The zero-order chi connectivity index (χ0) is 13.0. The largest absolute Gasteiger partial charge is 0.481 e. The van der Waals surface area contributed by atoms with Crippen molar-refractivity contribution in [2.24, 2.45) is 0 Å². The van der Waals surface area contributed by atoms with Crippen LogP contribution in [0.2, 0.25) is 0 Å². The molecule has 1 atom stereocenters. The van der Waals surface area contributed by atoms with Crippen molar-refractivity contribution in [2.75, 3.05) is 13.1 Å². The van der Waals surface area contributed by atoms with Gasteiger partial charge in [-0.25, -0.2) is 0 Å². The number of rotatable bonds is 3. The number of likely N-dealkylation sites (tertiary alicyclic amines) is 1. The number of carbonyl (C=O) groups excluding carboxylic acids is 1. The summed E-state index contributed by atoms with van der Waals surface area (Å²) in [6, 6.07) is 7.55. The fraction of sp³-hybridized carbons (Fsp3) is 0.500. The van der Waals surface area contributed by atoms with Gasteiger partial charge in [-0.2, -0.15) is 0 Å². The van der Waals surface area contributed by atoms with Gasteiger partial charge in [-0.3, -0.25) is 4.79 Å². The highest BCUT2D eigenvalue weighted by molar-refractivity contribution is 9.10. The molecule has 0 aliphatic carbocycles. The zero-order valence-electron chi connectivity index (χ0n) is 10.6. The van der Waals surface area contributed by atoms with Gasteiger partial charge in [-0.15, -0.1) is 0 Å². The lowest BCUT2D eigenvalue weighted by atomic mass is 10.1. The first kappa shape index (κ1) is 13.4. The second-order valence-corrected chi connectivity index (χ2v) is 5.52.